The predicted molar refractivity (Wildman–Crippen MR) is 291 cm³/mol. The molecule has 10 aromatic carbocycles. The molecular weight excluding hydrogens is 885 g/mol. The molecule has 8 nitrogen and oxygen atoms in total. The summed E-state index contributed by atoms with van der Waals surface area (Å²) >= 11 is 0. The van der Waals surface area contributed by atoms with E-state index in [0.717, 1.165) is 121 Å². The van der Waals surface area contributed by atoms with Gasteiger partial charge in [-0.15, -0.1) is 0 Å². The molecule has 72 heavy (non-hydrogen) atoms. The number of hydrogen-bond donors (Lipinski definition) is 0. The van der Waals surface area contributed by atoms with E-state index in [2.05, 4.69) is 167 Å². The monoisotopic (exact) mass is 922 g/mol. The van der Waals surface area contributed by atoms with Crippen molar-refractivity contribution in [3.05, 3.63) is 231 Å². The highest BCUT2D eigenvalue weighted by molar-refractivity contribution is 6.23. The largest absolute Gasteiger partial charge is 0.456 e. The molecule has 15 aromatic rings. The van der Waals surface area contributed by atoms with Gasteiger partial charge in [0.05, 0.1) is 22.1 Å². The maximum Gasteiger partial charge on any atom is 0.238 e. The van der Waals surface area contributed by atoms with E-state index >= 15 is 0 Å². The minimum atomic E-state index is 0.529. The summed E-state index contributed by atoms with van der Waals surface area (Å²) < 4.78 is 17.2. The van der Waals surface area contributed by atoms with E-state index in [1.165, 1.54) is 0 Å². The van der Waals surface area contributed by atoms with Crippen molar-refractivity contribution in [1.29, 1.82) is 0 Å². The zero-order valence-electron chi connectivity index (χ0n) is 38.4. The SMILES string of the molecule is c1ccc(-c2nc(-c3ccc(-c4cccc5oc6ccccc6c45)cc3)nc(-n3c4ccccc4c4ccc5c6ccccc6n(-c6ccc(-c7ccc8nc(-c9ccccc9)oc8c7)cc6)c5c43)n2)cc1. The lowest BCUT2D eigenvalue weighted by Gasteiger charge is -2.14. The molecule has 0 saturated heterocycles. The standard InChI is InChI=1S/C64H38N6O2/c1-3-14-41(15-4-1)61-66-62(42-28-26-40(27-29-42)46-21-13-25-56-58(46)51-20-9-12-24-55(51)71-56)68-64(67-61)70-54-23-11-8-19-48(54)50-36-35-49-47-18-7-10-22-53(47)69(59(49)60(50)70)45-33-30-39(31-34-45)44-32-37-52-57(38-44)72-63(65-52)43-16-5-2-6-17-43/h1-38H. The molecule has 8 heteroatoms. The van der Waals surface area contributed by atoms with Gasteiger partial charge in [0, 0.05) is 54.7 Å². The molecule has 5 aromatic heterocycles. The van der Waals surface area contributed by atoms with Crippen LogP contribution in [0.25, 0.3) is 145 Å². The Morgan fingerprint density at radius 3 is 1.60 bits per heavy atom. The molecule has 5 heterocycles. The quantitative estimate of drug-likeness (QED) is 0.158. The molecule has 0 N–H and O–H groups in total. The van der Waals surface area contributed by atoms with Crippen molar-refractivity contribution in [2.24, 2.45) is 0 Å². The zero-order chi connectivity index (χ0) is 47.3. The van der Waals surface area contributed by atoms with Gasteiger partial charge in [-0.25, -0.2) is 9.97 Å². The maximum atomic E-state index is 6.28. The van der Waals surface area contributed by atoms with Gasteiger partial charge in [-0.05, 0) is 82.9 Å². The van der Waals surface area contributed by atoms with E-state index in [0.29, 0.717) is 23.5 Å². The highest BCUT2D eigenvalue weighted by atomic mass is 16.3. The molecule has 0 aliphatic rings. The van der Waals surface area contributed by atoms with Gasteiger partial charge in [-0.1, -0.05) is 170 Å². The first-order valence-corrected chi connectivity index (χ1v) is 24.0. The first-order chi connectivity index (χ1) is 35.7. The van der Waals surface area contributed by atoms with Crippen molar-refractivity contribution in [3.8, 4) is 68.1 Å². The smallest absolute Gasteiger partial charge is 0.238 e. The van der Waals surface area contributed by atoms with Gasteiger partial charge in [-0.3, -0.25) is 4.57 Å². The van der Waals surface area contributed by atoms with Crippen LogP contribution in [0.15, 0.2) is 239 Å². The summed E-state index contributed by atoms with van der Waals surface area (Å²) in [4.78, 5) is 20.7. The third-order valence-electron chi connectivity index (χ3n) is 14.0. The second kappa shape index (κ2) is 15.8. The molecule has 0 saturated carbocycles. The summed E-state index contributed by atoms with van der Waals surface area (Å²) in [5.74, 6) is 2.30. The molecule has 336 valence electrons. The average Bonchev–Trinajstić information content (AvgIpc) is 4.23. The Balaban J connectivity index is 0.911. The second-order valence-electron chi connectivity index (χ2n) is 18.2. The van der Waals surface area contributed by atoms with Crippen LogP contribution in [0.2, 0.25) is 0 Å². The number of oxazole rings is 1. The highest BCUT2D eigenvalue weighted by Gasteiger charge is 2.24. The topological polar surface area (TPSA) is 87.7 Å². The molecule has 15 rings (SSSR count). The summed E-state index contributed by atoms with van der Waals surface area (Å²) in [6, 6.07) is 79.9. The molecular formula is C64H38N6O2. The number of rotatable bonds is 7. The number of furan rings is 1. The van der Waals surface area contributed by atoms with E-state index in [1.807, 2.05) is 72.8 Å². The van der Waals surface area contributed by atoms with Crippen molar-refractivity contribution < 1.29 is 8.83 Å². The van der Waals surface area contributed by atoms with Gasteiger partial charge in [0.15, 0.2) is 17.2 Å². The van der Waals surface area contributed by atoms with E-state index in [4.69, 9.17) is 28.8 Å². The first-order valence-electron chi connectivity index (χ1n) is 24.0. The molecule has 0 fully saturated rings. The van der Waals surface area contributed by atoms with Crippen LogP contribution in [0.3, 0.4) is 0 Å². The molecule has 0 aliphatic heterocycles. The number of hydrogen-bond acceptors (Lipinski definition) is 6. The van der Waals surface area contributed by atoms with Gasteiger partial charge in [-0.2, -0.15) is 9.97 Å². The van der Waals surface area contributed by atoms with Crippen LogP contribution in [0.5, 0.6) is 0 Å². The third-order valence-corrected chi connectivity index (χ3v) is 14.0. The number of fused-ring (bicyclic) bond motifs is 11. The van der Waals surface area contributed by atoms with E-state index in [9.17, 15) is 0 Å². The van der Waals surface area contributed by atoms with Crippen molar-refractivity contribution in [2.75, 3.05) is 0 Å². The molecule has 0 aliphatic carbocycles. The van der Waals surface area contributed by atoms with Crippen LogP contribution in [-0.2, 0) is 0 Å². The molecule has 0 amide bonds. The Morgan fingerprint density at radius 2 is 0.875 bits per heavy atom. The van der Waals surface area contributed by atoms with Crippen LogP contribution in [0.1, 0.15) is 0 Å². The Hall–Kier alpha value is -9.92. The summed E-state index contributed by atoms with van der Waals surface area (Å²) in [5.41, 5.74) is 15.5. The number of benzene rings is 10. The Kier molecular flexibility index (Phi) is 8.79. The Labute approximate surface area is 411 Å². The van der Waals surface area contributed by atoms with Crippen LogP contribution >= 0.6 is 0 Å². The molecule has 0 atom stereocenters. The molecule has 0 unspecified atom stereocenters. The van der Waals surface area contributed by atoms with Gasteiger partial charge in [0.1, 0.15) is 16.7 Å². The maximum absolute atomic E-state index is 6.28. The fourth-order valence-corrected chi connectivity index (χ4v) is 10.7. The summed E-state index contributed by atoms with van der Waals surface area (Å²) in [6.07, 6.45) is 0. The minimum Gasteiger partial charge on any atom is -0.456 e. The van der Waals surface area contributed by atoms with Crippen LogP contribution in [-0.4, -0.2) is 29.1 Å². The van der Waals surface area contributed by atoms with Crippen LogP contribution in [0.4, 0.5) is 0 Å². The summed E-state index contributed by atoms with van der Waals surface area (Å²) in [7, 11) is 0. The van der Waals surface area contributed by atoms with Gasteiger partial charge >= 0.3 is 0 Å². The van der Waals surface area contributed by atoms with Crippen LogP contribution < -0.4 is 0 Å². The number of para-hydroxylation sites is 3. The molecule has 0 radical (unpaired) electrons. The van der Waals surface area contributed by atoms with Gasteiger partial charge < -0.3 is 13.4 Å². The van der Waals surface area contributed by atoms with Crippen molar-refractivity contribution in [2.45, 2.75) is 0 Å². The predicted octanol–water partition coefficient (Wildman–Crippen LogP) is 16.4. The van der Waals surface area contributed by atoms with Crippen LogP contribution in [0, 0.1) is 0 Å². The van der Waals surface area contributed by atoms with E-state index < -0.39 is 0 Å². The van der Waals surface area contributed by atoms with Crippen molar-refractivity contribution in [3.63, 3.8) is 0 Å². The molecule has 0 bridgehead atoms. The Bertz CT molecular complexity index is 4610. The second-order valence-corrected chi connectivity index (χ2v) is 18.2. The van der Waals surface area contributed by atoms with Crippen molar-refractivity contribution in [1.82, 2.24) is 29.1 Å². The lowest BCUT2D eigenvalue weighted by molar-refractivity contribution is 0.620. The lowest BCUT2D eigenvalue weighted by atomic mass is 9.98. The third kappa shape index (κ3) is 6.26. The minimum absolute atomic E-state index is 0.529. The highest BCUT2D eigenvalue weighted by Crippen LogP contribution is 2.43. The summed E-state index contributed by atoms with van der Waals surface area (Å²) in [5, 5.41) is 6.68. The normalized spacial score (nSPS) is 11.9. The van der Waals surface area contributed by atoms with Crippen molar-refractivity contribution >= 4 is 76.6 Å². The number of aromatic nitrogens is 6. The fraction of sp³-hybridized carbons (Fsp3) is 0. The average molecular weight is 923 g/mol. The van der Waals surface area contributed by atoms with E-state index in [-0.39, 0.29) is 0 Å². The number of nitrogens with zero attached hydrogens (tertiary/aromatic N) is 6. The zero-order valence-corrected chi connectivity index (χ0v) is 38.4. The van der Waals surface area contributed by atoms with Gasteiger partial charge in [0.2, 0.25) is 11.8 Å². The van der Waals surface area contributed by atoms with E-state index in [1.54, 1.807) is 0 Å². The summed E-state index contributed by atoms with van der Waals surface area (Å²) in [6.45, 7) is 0. The first kappa shape index (κ1) is 40.0. The molecule has 0 spiro atoms. The Morgan fingerprint density at radius 1 is 0.319 bits per heavy atom. The fourth-order valence-electron chi connectivity index (χ4n) is 10.7. The van der Waals surface area contributed by atoms with Gasteiger partial charge in [0.25, 0.3) is 0 Å². The lowest BCUT2D eigenvalue weighted by Crippen LogP contribution is -2.07.